The van der Waals surface area contributed by atoms with E-state index < -0.39 is 0 Å². The summed E-state index contributed by atoms with van der Waals surface area (Å²) in [5.74, 6) is -0.894. The number of rotatable bonds is 5. The molecule has 0 radical (unpaired) electrons. The minimum atomic E-state index is -0.358. The first-order chi connectivity index (χ1) is 11.6. The molecule has 0 aromatic heterocycles. The van der Waals surface area contributed by atoms with Crippen molar-refractivity contribution in [3.63, 3.8) is 0 Å². The molecule has 1 aromatic rings. The van der Waals surface area contributed by atoms with Crippen LogP contribution in [-0.4, -0.2) is 73.8 Å². The molecular weight excluding hydrogens is 344 g/mol. The number of carbonyl (C=O) groups is 3. The van der Waals surface area contributed by atoms with E-state index in [1.54, 1.807) is 12.1 Å². The van der Waals surface area contributed by atoms with Gasteiger partial charge in [0.1, 0.15) is 0 Å². The maximum Gasteiger partial charge on any atom is 0.261 e. The van der Waals surface area contributed by atoms with Gasteiger partial charge >= 0.3 is 0 Å². The maximum atomic E-state index is 12.2. The highest BCUT2D eigenvalue weighted by Gasteiger charge is 2.33. The number of fused-ring (bicyclic) bond motifs is 1. The highest BCUT2D eigenvalue weighted by molar-refractivity contribution is 6.21. The van der Waals surface area contributed by atoms with Crippen molar-refractivity contribution in [1.29, 1.82) is 0 Å². The van der Waals surface area contributed by atoms with Crippen molar-refractivity contribution in [2.24, 2.45) is 0 Å². The summed E-state index contributed by atoms with van der Waals surface area (Å²) in [6.45, 7) is 5.67. The molecule has 2 heterocycles. The summed E-state index contributed by atoms with van der Waals surface area (Å²) in [6, 6.07) is 4.65. The summed E-state index contributed by atoms with van der Waals surface area (Å²) in [6.07, 6.45) is 0.886. The quantitative estimate of drug-likeness (QED) is 0.581. The van der Waals surface area contributed by atoms with Gasteiger partial charge in [0, 0.05) is 45.3 Å². The van der Waals surface area contributed by atoms with Gasteiger partial charge in [-0.3, -0.25) is 19.3 Å². The minimum absolute atomic E-state index is 0. The van der Waals surface area contributed by atoms with Gasteiger partial charge in [-0.05, 0) is 31.2 Å². The summed E-state index contributed by atoms with van der Waals surface area (Å²) in [5, 5.41) is 6.18. The number of benzene rings is 1. The van der Waals surface area contributed by atoms with Crippen LogP contribution >= 0.6 is 12.4 Å². The number of halogens is 1. The van der Waals surface area contributed by atoms with Gasteiger partial charge in [0.25, 0.3) is 17.7 Å². The summed E-state index contributed by atoms with van der Waals surface area (Å²) < 4.78 is 0. The molecule has 2 aliphatic rings. The molecule has 0 spiro atoms. The number of hydrogen-bond donors (Lipinski definition) is 2. The fraction of sp³-hybridized carbons (Fsp3) is 0.471. The van der Waals surface area contributed by atoms with E-state index in [1.807, 2.05) is 0 Å². The van der Waals surface area contributed by atoms with Crippen LogP contribution in [0.5, 0.6) is 0 Å². The number of imide groups is 1. The molecule has 0 aliphatic carbocycles. The Balaban J connectivity index is 0.00000225. The first kappa shape index (κ1) is 19.4. The van der Waals surface area contributed by atoms with Crippen LogP contribution < -0.4 is 10.6 Å². The smallest absolute Gasteiger partial charge is 0.261 e. The molecule has 0 saturated carbocycles. The topological polar surface area (TPSA) is 81.8 Å². The fourth-order valence-corrected chi connectivity index (χ4v) is 3.04. The molecule has 2 N–H and O–H groups in total. The molecule has 136 valence electrons. The van der Waals surface area contributed by atoms with Gasteiger partial charge in [0.2, 0.25) is 0 Å². The fourth-order valence-electron chi connectivity index (χ4n) is 3.04. The van der Waals surface area contributed by atoms with Gasteiger partial charge in [-0.1, -0.05) is 0 Å². The molecule has 0 unspecified atom stereocenters. The van der Waals surface area contributed by atoms with Crippen LogP contribution in [0.25, 0.3) is 0 Å². The Kier molecular flexibility index (Phi) is 6.52. The second-order valence-corrected chi connectivity index (χ2v) is 6.13. The molecule has 0 atom stereocenters. The van der Waals surface area contributed by atoms with Crippen LogP contribution in [0.15, 0.2) is 18.2 Å². The minimum Gasteiger partial charge on any atom is -0.352 e. The lowest BCUT2D eigenvalue weighted by molar-refractivity contribution is 0.0693. The lowest BCUT2D eigenvalue weighted by Crippen LogP contribution is -2.44. The van der Waals surface area contributed by atoms with Crippen LogP contribution in [0.4, 0.5) is 0 Å². The normalized spacial score (nSPS) is 17.2. The average molecular weight is 367 g/mol. The molecule has 1 fully saturated rings. The lowest BCUT2D eigenvalue weighted by atomic mass is 10.1. The molecular formula is C17H23ClN4O3. The van der Waals surface area contributed by atoms with Gasteiger partial charge in [-0.25, -0.2) is 0 Å². The summed E-state index contributed by atoms with van der Waals surface area (Å²) >= 11 is 0. The van der Waals surface area contributed by atoms with Crippen molar-refractivity contribution < 1.29 is 14.4 Å². The van der Waals surface area contributed by atoms with Crippen molar-refractivity contribution in [2.45, 2.75) is 6.42 Å². The van der Waals surface area contributed by atoms with Gasteiger partial charge in [0.15, 0.2) is 0 Å². The molecule has 1 saturated heterocycles. The predicted molar refractivity (Wildman–Crippen MR) is 96.4 cm³/mol. The number of hydrogen-bond acceptors (Lipinski definition) is 5. The SMILES string of the molecule is CN1C(=O)c2ccc(C(=O)NCCCN3CCNCC3)cc2C1=O.Cl. The maximum absolute atomic E-state index is 12.2. The summed E-state index contributed by atoms with van der Waals surface area (Å²) in [7, 11) is 1.44. The van der Waals surface area contributed by atoms with E-state index in [4.69, 9.17) is 0 Å². The second-order valence-electron chi connectivity index (χ2n) is 6.13. The van der Waals surface area contributed by atoms with Crippen LogP contribution in [0.2, 0.25) is 0 Å². The predicted octanol–water partition coefficient (Wildman–Crippen LogP) is 0.359. The van der Waals surface area contributed by atoms with Crippen molar-refractivity contribution in [1.82, 2.24) is 20.4 Å². The van der Waals surface area contributed by atoms with E-state index in [2.05, 4.69) is 15.5 Å². The Hall–Kier alpha value is -1.96. The Morgan fingerprint density at radius 3 is 2.56 bits per heavy atom. The van der Waals surface area contributed by atoms with Crippen molar-refractivity contribution in [3.8, 4) is 0 Å². The monoisotopic (exact) mass is 366 g/mol. The molecule has 3 rings (SSSR count). The van der Waals surface area contributed by atoms with Crippen molar-refractivity contribution in [2.75, 3.05) is 46.3 Å². The van der Waals surface area contributed by atoms with Gasteiger partial charge in [0.05, 0.1) is 11.1 Å². The Morgan fingerprint density at radius 1 is 1.16 bits per heavy atom. The van der Waals surface area contributed by atoms with E-state index in [1.165, 1.54) is 13.1 Å². The zero-order chi connectivity index (χ0) is 17.1. The molecule has 2 aliphatic heterocycles. The number of nitrogens with zero attached hydrogens (tertiary/aromatic N) is 2. The van der Waals surface area contributed by atoms with E-state index in [9.17, 15) is 14.4 Å². The number of nitrogens with one attached hydrogen (secondary N) is 2. The summed E-state index contributed by atoms with van der Waals surface area (Å²) in [5.41, 5.74) is 1.07. The first-order valence-electron chi connectivity index (χ1n) is 8.25. The highest BCUT2D eigenvalue weighted by atomic mass is 35.5. The molecule has 25 heavy (non-hydrogen) atoms. The summed E-state index contributed by atoms with van der Waals surface area (Å²) in [4.78, 5) is 39.5. The Bertz CT molecular complexity index is 674. The van der Waals surface area contributed by atoms with Crippen LogP contribution in [-0.2, 0) is 0 Å². The highest BCUT2D eigenvalue weighted by Crippen LogP contribution is 2.22. The van der Waals surface area contributed by atoms with Gasteiger partial charge in [-0.15, -0.1) is 12.4 Å². The van der Waals surface area contributed by atoms with Gasteiger partial charge < -0.3 is 15.5 Å². The van der Waals surface area contributed by atoms with E-state index in [-0.39, 0.29) is 30.1 Å². The third-order valence-electron chi connectivity index (χ3n) is 4.50. The molecule has 8 heteroatoms. The Labute approximate surface area is 153 Å². The van der Waals surface area contributed by atoms with Crippen LogP contribution in [0, 0.1) is 0 Å². The largest absolute Gasteiger partial charge is 0.352 e. The van der Waals surface area contributed by atoms with Crippen molar-refractivity contribution >= 4 is 30.1 Å². The van der Waals surface area contributed by atoms with E-state index in [0.717, 1.165) is 44.0 Å². The number of piperazine rings is 1. The molecule has 7 nitrogen and oxygen atoms in total. The van der Waals surface area contributed by atoms with E-state index in [0.29, 0.717) is 23.2 Å². The third kappa shape index (κ3) is 4.18. The first-order valence-corrected chi connectivity index (χ1v) is 8.25. The third-order valence-corrected chi connectivity index (χ3v) is 4.50. The molecule has 1 aromatic carbocycles. The zero-order valence-electron chi connectivity index (χ0n) is 14.2. The van der Waals surface area contributed by atoms with Crippen LogP contribution in [0.3, 0.4) is 0 Å². The zero-order valence-corrected chi connectivity index (χ0v) is 15.0. The van der Waals surface area contributed by atoms with Crippen molar-refractivity contribution in [3.05, 3.63) is 34.9 Å². The average Bonchev–Trinajstić information content (AvgIpc) is 2.83. The molecule has 3 amide bonds. The molecule has 0 bridgehead atoms. The lowest BCUT2D eigenvalue weighted by Gasteiger charge is -2.27. The second kappa shape index (κ2) is 8.42. The number of amides is 3. The number of carbonyl (C=O) groups excluding carboxylic acids is 3. The van der Waals surface area contributed by atoms with E-state index >= 15 is 0 Å². The van der Waals surface area contributed by atoms with Gasteiger partial charge in [-0.2, -0.15) is 0 Å². The Morgan fingerprint density at radius 2 is 1.84 bits per heavy atom. The standard InChI is InChI=1S/C17H22N4O3.ClH/c1-20-16(23)13-4-3-12(11-14(13)17(20)24)15(22)19-5-2-8-21-9-6-18-7-10-21;/h3-4,11,18H,2,5-10H2,1H3,(H,19,22);1H. The van der Waals surface area contributed by atoms with Crippen LogP contribution in [0.1, 0.15) is 37.5 Å².